The summed E-state index contributed by atoms with van der Waals surface area (Å²) in [6, 6.07) is -0.743. The summed E-state index contributed by atoms with van der Waals surface area (Å²) in [4.78, 5) is 17.4. The van der Waals surface area contributed by atoms with Gasteiger partial charge < -0.3 is 15.5 Å². The first-order chi connectivity index (χ1) is 6.67. The molecule has 0 saturated heterocycles. The lowest BCUT2D eigenvalue weighted by atomic mass is 10.2. The predicted molar refractivity (Wildman–Crippen MR) is 47.1 cm³/mol. The molecule has 1 heterocycles. The van der Waals surface area contributed by atoms with Gasteiger partial charge in [0.2, 0.25) is 0 Å². The summed E-state index contributed by atoms with van der Waals surface area (Å²) >= 11 is 0. The molecule has 1 aromatic rings. The van der Waals surface area contributed by atoms with E-state index in [2.05, 4.69) is 14.7 Å². The Labute approximate surface area is 80.5 Å². The highest BCUT2D eigenvalue weighted by Gasteiger charge is 2.15. The zero-order valence-corrected chi connectivity index (χ0v) is 7.79. The molecule has 78 valence electrons. The van der Waals surface area contributed by atoms with E-state index in [1.807, 2.05) is 0 Å². The van der Waals surface area contributed by atoms with Crippen LogP contribution in [0.25, 0.3) is 0 Å². The van der Waals surface area contributed by atoms with Crippen LogP contribution in [-0.4, -0.2) is 29.1 Å². The van der Waals surface area contributed by atoms with E-state index in [4.69, 9.17) is 5.73 Å². The zero-order chi connectivity index (χ0) is 10.6. The first-order valence-electron chi connectivity index (χ1n) is 4.09. The SMILES string of the molecule is COC(=O)[C@@H](N)Cc1cnc(CF)[nH]1. The van der Waals surface area contributed by atoms with Gasteiger partial charge >= 0.3 is 5.97 Å². The molecule has 0 aliphatic rings. The number of halogens is 1. The summed E-state index contributed by atoms with van der Waals surface area (Å²) in [5.41, 5.74) is 6.12. The fourth-order valence-electron chi connectivity index (χ4n) is 1.05. The predicted octanol–water partition coefficient (Wildman–Crippen LogP) is -0.0780. The number of aromatic nitrogens is 2. The maximum atomic E-state index is 12.1. The van der Waals surface area contributed by atoms with Crippen LogP contribution in [0.4, 0.5) is 4.39 Å². The number of alkyl halides is 1. The van der Waals surface area contributed by atoms with Gasteiger partial charge in [-0.15, -0.1) is 0 Å². The van der Waals surface area contributed by atoms with Gasteiger partial charge in [0.25, 0.3) is 0 Å². The molecule has 0 bridgehead atoms. The van der Waals surface area contributed by atoms with Crippen LogP contribution in [0.3, 0.4) is 0 Å². The van der Waals surface area contributed by atoms with Gasteiger partial charge in [0.1, 0.15) is 18.5 Å². The molecule has 14 heavy (non-hydrogen) atoms. The van der Waals surface area contributed by atoms with Crippen molar-refractivity contribution in [1.82, 2.24) is 9.97 Å². The number of nitrogens with zero attached hydrogens (tertiary/aromatic N) is 1. The van der Waals surface area contributed by atoms with Crippen molar-refractivity contribution in [1.29, 1.82) is 0 Å². The van der Waals surface area contributed by atoms with Gasteiger partial charge in [-0.1, -0.05) is 0 Å². The molecule has 0 aliphatic carbocycles. The van der Waals surface area contributed by atoms with Gasteiger partial charge in [0.15, 0.2) is 0 Å². The van der Waals surface area contributed by atoms with Crippen molar-refractivity contribution < 1.29 is 13.9 Å². The van der Waals surface area contributed by atoms with Crippen LogP contribution >= 0.6 is 0 Å². The largest absolute Gasteiger partial charge is 0.468 e. The molecular weight excluding hydrogens is 189 g/mol. The molecular formula is C8H12FN3O2. The van der Waals surface area contributed by atoms with Gasteiger partial charge in [-0.05, 0) is 0 Å². The van der Waals surface area contributed by atoms with Gasteiger partial charge in [-0.25, -0.2) is 9.37 Å². The second-order valence-corrected chi connectivity index (χ2v) is 2.82. The molecule has 1 rings (SSSR count). The van der Waals surface area contributed by atoms with Crippen LogP contribution in [-0.2, 0) is 22.6 Å². The monoisotopic (exact) mass is 201 g/mol. The number of methoxy groups -OCH3 is 1. The van der Waals surface area contributed by atoms with Crippen molar-refractivity contribution in [3.63, 3.8) is 0 Å². The number of hydrogen-bond acceptors (Lipinski definition) is 4. The molecule has 0 unspecified atom stereocenters. The number of carbonyl (C=O) groups excluding carboxylic acids is 1. The van der Waals surface area contributed by atoms with Gasteiger partial charge in [0.05, 0.1) is 7.11 Å². The van der Waals surface area contributed by atoms with E-state index in [9.17, 15) is 9.18 Å². The summed E-state index contributed by atoms with van der Waals surface area (Å²) in [6.07, 6.45) is 1.72. The lowest BCUT2D eigenvalue weighted by Crippen LogP contribution is -2.33. The summed E-state index contributed by atoms with van der Waals surface area (Å²) in [5, 5.41) is 0. The molecule has 0 saturated carbocycles. The van der Waals surface area contributed by atoms with Gasteiger partial charge in [-0.3, -0.25) is 4.79 Å². The first-order valence-corrected chi connectivity index (χ1v) is 4.09. The minimum absolute atomic E-state index is 0.233. The smallest absolute Gasteiger partial charge is 0.323 e. The molecule has 0 amide bonds. The van der Waals surface area contributed by atoms with Crippen LogP contribution in [0.5, 0.6) is 0 Å². The molecule has 0 aliphatic heterocycles. The second kappa shape index (κ2) is 4.71. The molecule has 0 aromatic carbocycles. The average molecular weight is 201 g/mol. The fourth-order valence-corrected chi connectivity index (χ4v) is 1.05. The Kier molecular flexibility index (Phi) is 3.58. The number of nitrogens with two attached hydrogens (primary N) is 1. The van der Waals surface area contributed by atoms with Crippen molar-refractivity contribution in [2.24, 2.45) is 5.73 Å². The molecule has 5 nitrogen and oxygen atoms in total. The standard InChI is InChI=1S/C8H12FN3O2/c1-14-8(13)6(10)2-5-4-11-7(3-9)12-5/h4,6H,2-3,10H2,1H3,(H,11,12)/t6-/m0/s1. The number of esters is 1. The van der Waals surface area contributed by atoms with Crippen LogP contribution in [0.1, 0.15) is 11.5 Å². The van der Waals surface area contributed by atoms with Gasteiger partial charge in [0, 0.05) is 18.3 Å². The molecule has 3 N–H and O–H groups in total. The van der Waals surface area contributed by atoms with Crippen LogP contribution in [0, 0.1) is 0 Å². The van der Waals surface area contributed by atoms with Crippen molar-refractivity contribution in [3.8, 4) is 0 Å². The number of ether oxygens (including phenoxy) is 1. The molecule has 0 fully saturated rings. The first kappa shape index (κ1) is 10.6. The summed E-state index contributed by atoms with van der Waals surface area (Å²) in [5.74, 6) is -0.265. The summed E-state index contributed by atoms with van der Waals surface area (Å²) in [6.45, 7) is -0.659. The van der Waals surface area contributed by atoms with E-state index in [0.29, 0.717) is 5.69 Å². The van der Waals surface area contributed by atoms with Gasteiger partial charge in [-0.2, -0.15) is 0 Å². The fraction of sp³-hybridized carbons (Fsp3) is 0.500. The molecule has 0 radical (unpaired) electrons. The van der Waals surface area contributed by atoms with Crippen molar-refractivity contribution in [2.75, 3.05) is 7.11 Å². The third kappa shape index (κ3) is 2.53. The number of rotatable bonds is 4. The Morgan fingerprint density at radius 2 is 2.57 bits per heavy atom. The second-order valence-electron chi connectivity index (χ2n) is 2.82. The lowest BCUT2D eigenvalue weighted by Gasteiger charge is -2.06. The maximum absolute atomic E-state index is 12.1. The Balaban J connectivity index is 2.55. The highest BCUT2D eigenvalue weighted by Crippen LogP contribution is 2.02. The topological polar surface area (TPSA) is 81.0 Å². The van der Waals surface area contributed by atoms with E-state index < -0.39 is 18.7 Å². The van der Waals surface area contributed by atoms with Crippen molar-refractivity contribution in [2.45, 2.75) is 19.1 Å². The van der Waals surface area contributed by atoms with Crippen molar-refractivity contribution in [3.05, 3.63) is 17.7 Å². The summed E-state index contributed by atoms with van der Waals surface area (Å²) in [7, 11) is 1.27. The van der Waals surface area contributed by atoms with Crippen molar-refractivity contribution >= 4 is 5.97 Å². The number of nitrogens with one attached hydrogen (secondary N) is 1. The average Bonchev–Trinajstić information content (AvgIpc) is 2.64. The minimum atomic E-state index is -0.743. The van der Waals surface area contributed by atoms with E-state index in [1.165, 1.54) is 13.3 Å². The zero-order valence-electron chi connectivity index (χ0n) is 7.79. The summed E-state index contributed by atoms with van der Waals surface area (Å²) < 4.78 is 16.5. The Bertz CT molecular complexity index is 313. The molecule has 1 aromatic heterocycles. The Morgan fingerprint density at radius 3 is 3.07 bits per heavy atom. The molecule has 1 atom stereocenters. The number of hydrogen-bond donors (Lipinski definition) is 2. The molecule has 6 heteroatoms. The third-order valence-electron chi connectivity index (χ3n) is 1.75. The number of imidazole rings is 1. The Hall–Kier alpha value is -1.43. The maximum Gasteiger partial charge on any atom is 0.323 e. The minimum Gasteiger partial charge on any atom is -0.468 e. The number of aromatic amines is 1. The Morgan fingerprint density at radius 1 is 1.86 bits per heavy atom. The van der Waals surface area contributed by atoms with E-state index in [0.717, 1.165) is 0 Å². The van der Waals surface area contributed by atoms with Crippen LogP contribution < -0.4 is 5.73 Å². The highest BCUT2D eigenvalue weighted by molar-refractivity contribution is 5.75. The lowest BCUT2D eigenvalue weighted by molar-refractivity contribution is -0.142. The van der Waals surface area contributed by atoms with Crippen LogP contribution in [0.15, 0.2) is 6.20 Å². The van der Waals surface area contributed by atoms with E-state index >= 15 is 0 Å². The quantitative estimate of drug-likeness (QED) is 0.668. The number of carbonyl (C=O) groups is 1. The van der Waals surface area contributed by atoms with E-state index in [1.54, 1.807) is 0 Å². The van der Waals surface area contributed by atoms with Crippen LogP contribution in [0.2, 0.25) is 0 Å². The normalized spacial score (nSPS) is 12.5. The molecule has 0 spiro atoms. The number of H-pyrrole nitrogens is 1. The highest BCUT2D eigenvalue weighted by atomic mass is 19.1. The third-order valence-corrected chi connectivity index (χ3v) is 1.75. The van der Waals surface area contributed by atoms with E-state index in [-0.39, 0.29) is 12.2 Å².